The van der Waals surface area contributed by atoms with Crippen LogP contribution in [0.2, 0.25) is 0 Å². The quantitative estimate of drug-likeness (QED) is 0.756. The molecule has 86 valence electrons. The summed E-state index contributed by atoms with van der Waals surface area (Å²) in [6.45, 7) is 5.90. The average molecular weight is 224 g/mol. The van der Waals surface area contributed by atoms with Crippen molar-refractivity contribution >= 4 is 16.6 Å². The molecular weight excluding hydrogens is 208 g/mol. The highest BCUT2D eigenvalue weighted by molar-refractivity contribution is 6.05. The molecule has 0 fully saturated rings. The monoisotopic (exact) mass is 224 g/mol. The van der Waals surface area contributed by atoms with E-state index in [1.54, 1.807) is 0 Å². The Kier molecular flexibility index (Phi) is 2.36. The number of nitrogens with one attached hydrogen (secondary N) is 1. The predicted octanol–water partition coefficient (Wildman–Crippen LogP) is 3.48. The van der Waals surface area contributed by atoms with E-state index in [1.807, 2.05) is 6.08 Å². The van der Waals surface area contributed by atoms with Crippen LogP contribution in [0.4, 0.5) is 0 Å². The van der Waals surface area contributed by atoms with Crippen molar-refractivity contribution in [3.8, 4) is 0 Å². The fourth-order valence-corrected chi connectivity index (χ4v) is 2.67. The smallest absolute Gasteiger partial charge is 0.0635 e. The molecule has 1 N–H and O–H groups in total. The fraction of sp³-hybridized carbons (Fsp3) is 0.267. The van der Waals surface area contributed by atoms with Gasteiger partial charge < -0.3 is 4.98 Å². The second kappa shape index (κ2) is 3.88. The molecule has 2 heterocycles. The molecule has 3 rings (SSSR count). The average Bonchev–Trinajstić information content (AvgIpc) is 2.69. The van der Waals surface area contributed by atoms with Crippen molar-refractivity contribution in [3.63, 3.8) is 0 Å². The van der Waals surface area contributed by atoms with Gasteiger partial charge in [-0.1, -0.05) is 24.3 Å². The summed E-state index contributed by atoms with van der Waals surface area (Å²) < 4.78 is 0. The van der Waals surface area contributed by atoms with E-state index in [2.05, 4.69) is 42.8 Å². The summed E-state index contributed by atoms with van der Waals surface area (Å²) in [5, 5.41) is 1.34. The van der Waals surface area contributed by atoms with Crippen LogP contribution in [-0.2, 0) is 6.42 Å². The molecular formula is C15H16N2. The third kappa shape index (κ3) is 1.60. The van der Waals surface area contributed by atoms with Gasteiger partial charge in [0.25, 0.3) is 0 Å². The van der Waals surface area contributed by atoms with Crippen molar-refractivity contribution in [2.24, 2.45) is 4.99 Å². The maximum absolute atomic E-state index is 4.72. The van der Waals surface area contributed by atoms with Crippen molar-refractivity contribution < 1.29 is 0 Å². The van der Waals surface area contributed by atoms with Crippen molar-refractivity contribution in [2.75, 3.05) is 0 Å². The molecule has 2 aromatic rings. The Balaban J connectivity index is 2.16. The van der Waals surface area contributed by atoms with Crippen molar-refractivity contribution in [2.45, 2.75) is 25.8 Å². The molecule has 0 amide bonds. The zero-order valence-corrected chi connectivity index (χ0v) is 10.0. The van der Waals surface area contributed by atoms with Gasteiger partial charge in [-0.2, -0.15) is 0 Å². The highest BCUT2D eigenvalue weighted by atomic mass is 14.9. The number of nitrogens with zero attached hydrogens (tertiary/aromatic N) is 1. The molecule has 17 heavy (non-hydrogen) atoms. The van der Waals surface area contributed by atoms with E-state index in [0.717, 1.165) is 18.6 Å². The lowest BCUT2D eigenvalue weighted by atomic mass is 9.96. The standard InChI is InChI=1S/C15H16N2/c1-3-6-11-9-13-12-7-4-5-8-14(12)17-15(13)10(2)16-11/h3-5,7-8,11,17H,1,6,9H2,2H3. The minimum Gasteiger partial charge on any atom is -0.353 e. The van der Waals surface area contributed by atoms with Gasteiger partial charge in [0.05, 0.1) is 17.4 Å². The molecule has 0 saturated carbocycles. The summed E-state index contributed by atoms with van der Waals surface area (Å²) in [4.78, 5) is 8.19. The second-order valence-electron chi connectivity index (χ2n) is 4.62. The summed E-state index contributed by atoms with van der Waals surface area (Å²) >= 11 is 0. The van der Waals surface area contributed by atoms with Gasteiger partial charge in [0, 0.05) is 10.9 Å². The normalized spacial score (nSPS) is 18.9. The number of hydrogen-bond donors (Lipinski definition) is 1. The van der Waals surface area contributed by atoms with Crippen LogP contribution in [0, 0.1) is 0 Å². The molecule has 2 nitrogen and oxygen atoms in total. The zero-order valence-electron chi connectivity index (χ0n) is 10.0. The second-order valence-corrected chi connectivity index (χ2v) is 4.62. The highest BCUT2D eigenvalue weighted by Gasteiger charge is 2.21. The largest absolute Gasteiger partial charge is 0.353 e. The van der Waals surface area contributed by atoms with Gasteiger partial charge in [-0.3, -0.25) is 4.99 Å². The number of hydrogen-bond acceptors (Lipinski definition) is 1. The van der Waals surface area contributed by atoms with E-state index in [4.69, 9.17) is 4.99 Å². The first kappa shape index (κ1) is 10.3. The molecule has 0 bridgehead atoms. The molecule has 0 radical (unpaired) electrons. The molecule has 1 aliphatic heterocycles. The number of fused-ring (bicyclic) bond motifs is 3. The number of para-hydroxylation sites is 1. The predicted molar refractivity (Wildman–Crippen MR) is 72.8 cm³/mol. The van der Waals surface area contributed by atoms with Crippen LogP contribution in [0.1, 0.15) is 24.6 Å². The highest BCUT2D eigenvalue weighted by Crippen LogP contribution is 2.28. The minimum atomic E-state index is 0.360. The Labute approximate surface area is 101 Å². The van der Waals surface area contributed by atoms with Crippen LogP contribution >= 0.6 is 0 Å². The van der Waals surface area contributed by atoms with E-state index in [-0.39, 0.29) is 0 Å². The Morgan fingerprint density at radius 1 is 1.47 bits per heavy atom. The van der Waals surface area contributed by atoms with Crippen LogP contribution in [0.25, 0.3) is 10.9 Å². The van der Waals surface area contributed by atoms with Crippen LogP contribution in [0.5, 0.6) is 0 Å². The third-order valence-corrected chi connectivity index (χ3v) is 3.43. The topological polar surface area (TPSA) is 28.1 Å². The van der Waals surface area contributed by atoms with Crippen molar-refractivity contribution in [1.29, 1.82) is 0 Å². The molecule has 1 unspecified atom stereocenters. The van der Waals surface area contributed by atoms with Crippen LogP contribution in [0.3, 0.4) is 0 Å². The van der Waals surface area contributed by atoms with E-state index in [0.29, 0.717) is 6.04 Å². The first-order valence-corrected chi connectivity index (χ1v) is 6.05. The van der Waals surface area contributed by atoms with E-state index < -0.39 is 0 Å². The van der Waals surface area contributed by atoms with E-state index in [9.17, 15) is 0 Å². The van der Waals surface area contributed by atoms with Gasteiger partial charge in [0.15, 0.2) is 0 Å². The van der Waals surface area contributed by atoms with E-state index in [1.165, 1.54) is 22.2 Å². The first-order chi connectivity index (χ1) is 8.29. The maximum atomic E-state index is 4.72. The van der Waals surface area contributed by atoms with Gasteiger partial charge in [-0.25, -0.2) is 0 Å². The third-order valence-electron chi connectivity index (χ3n) is 3.43. The lowest BCUT2D eigenvalue weighted by molar-refractivity contribution is 0.673. The molecule has 1 atom stereocenters. The summed E-state index contributed by atoms with van der Waals surface area (Å²) in [7, 11) is 0. The molecule has 1 aromatic carbocycles. The summed E-state index contributed by atoms with van der Waals surface area (Å²) in [6.07, 6.45) is 3.93. The van der Waals surface area contributed by atoms with Gasteiger partial charge in [-0.05, 0) is 31.4 Å². The molecule has 0 spiro atoms. The summed E-state index contributed by atoms with van der Waals surface area (Å²) in [6, 6.07) is 8.84. The molecule has 1 aromatic heterocycles. The van der Waals surface area contributed by atoms with Gasteiger partial charge in [0.1, 0.15) is 0 Å². The van der Waals surface area contributed by atoms with Gasteiger partial charge >= 0.3 is 0 Å². The number of benzene rings is 1. The number of H-pyrrole nitrogens is 1. The van der Waals surface area contributed by atoms with Gasteiger partial charge in [-0.15, -0.1) is 6.58 Å². The Hall–Kier alpha value is -1.83. The molecule has 1 aliphatic rings. The Morgan fingerprint density at radius 3 is 3.12 bits per heavy atom. The Bertz CT molecular complexity index is 604. The lowest BCUT2D eigenvalue weighted by Crippen LogP contribution is -2.18. The van der Waals surface area contributed by atoms with Gasteiger partial charge in [0.2, 0.25) is 0 Å². The minimum absolute atomic E-state index is 0.360. The number of rotatable bonds is 2. The van der Waals surface area contributed by atoms with E-state index >= 15 is 0 Å². The fourth-order valence-electron chi connectivity index (χ4n) is 2.67. The Morgan fingerprint density at radius 2 is 2.29 bits per heavy atom. The number of aliphatic imine (C=N–C) groups is 1. The zero-order chi connectivity index (χ0) is 11.8. The maximum Gasteiger partial charge on any atom is 0.0635 e. The molecule has 0 saturated heterocycles. The first-order valence-electron chi connectivity index (χ1n) is 6.05. The molecule has 0 aliphatic carbocycles. The SMILES string of the molecule is C=CCC1Cc2c([nH]c3ccccc23)C(C)=N1. The molecule has 2 heteroatoms. The van der Waals surface area contributed by atoms with Crippen molar-refractivity contribution in [3.05, 3.63) is 48.2 Å². The van der Waals surface area contributed by atoms with Crippen LogP contribution in [0.15, 0.2) is 41.9 Å². The summed E-state index contributed by atoms with van der Waals surface area (Å²) in [5.74, 6) is 0. The number of aromatic nitrogens is 1. The van der Waals surface area contributed by atoms with Crippen LogP contribution < -0.4 is 0 Å². The van der Waals surface area contributed by atoms with Crippen molar-refractivity contribution in [1.82, 2.24) is 4.98 Å². The summed E-state index contributed by atoms with van der Waals surface area (Å²) in [5.41, 5.74) is 4.96. The number of aromatic amines is 1. The lowest BCUT2D eigenvalue weighted by Gasteiger charge is -2.18. The van der Waals surface area contributed by atoms with Crippen LogP contribution in [-0.4, -0.2) is 16.7 Å².